The summed E-state index contributed by atoms with van der Waals surface area (Å²) in [6.07, 6.45) is 4.42. The predicted molar refractivity (Wildman–Crippen MR) is 96.1 cm³/mol. The molecule has 1 aliphatic carbocycles. The van der Waals surface area contributed by atoms with E-state index in [1.54, 1.807) is 0 Å². The molecular formula is C20H25N3O. The summed E-state index contributed by atoms with van der Waals surface area (Å²) in [6.45, 7) is 4.42. The number of benzene rings is 1. The second kappa shape index (κ2) is 6.17. The number of fused-ring (bicyclic) bond motifs is 1. The number of carbonyl (C=O) groups excluding carboxylic acids is 1. The van der Waals surface area contributed by atoms with E-state index in [1.165, 1.54) is 18.4 Å². The topological polar surface area (TPSA) is 59.2 Å². The highest BCUT2D eigenvalue weighted by Gasteiger charge is 2.29. The molecule has 1 aromatic carbocycles. The number of aromatic nitrogens is 1. The first-order valence-corrected chi connectivity index (χ1v) is 9.06. The molecule has 1 saturated carbocycles. The van der Waals surface area contributed by atoms with Crippen LogP contribution in [0.2, 0.25) is 0 Å². The maximum absolute atomic E-state index is 13.2. The number of likely N-dealkylation sites (tertiary alicyclic amines) is 1. The summed E-state index contributed by atoms with van der Waals surface area (Å²) in [7, 11) is 0. The second-order valence-corrected chi connectivity index (χ2v) is 7.36. The molecule has 0 spiro atoms. The van der Waals surface area contributed by atoms with E-state index in [0.29, 0.717) is 11.8 Å². The molecule has 1 aromatic heterocycles. The number of nitrogens with two attached hydrogens (primary N) is 1. The van der Waals surface area contributed by atoms with E-state index in [0.717, 1.165) is 54.6 Å². The lowest BCUT2D eigenvalue weighted by atomic mass is 9.96. The first-order valence-electron chi connectivity index (χ1n) is 9.06. The van der Waals surface area contributed by atoms with Crippen LogP contribution in [-0.2, 0) is 0 Å². The maximum Gasteiger partial charge on any atom is 0.254 e. The quantitative estimate of drug-likeness (QED) is 0.943. The van der Waals surface area contributed by atoms with Crippen molar-refractivity contribution < 1.29 is 4.79 Å². The number of piperidine rings is 1. The lowest BCUT2D eigenvalue weighted by Crippen LogP contribution is -2.40. The van der Waals surface area contributed by atoms with Crippen LogP contribution in [0.1, 0.15) is 53.2 Å². The van der Waals surface area contributed by atoms with Crippen molar-refractivity contribution in [3.63, 3.8) is 0 Å². The third-order valence-electron chi connectivity index (χ3n) is 5.45. The Kier molecular flexibility index (Phi) is 4.01. The molecule has 2 N–H and O–H groups in total. The van der Waals surface area contributed by atoms with Gasteiger partial charge in [0.05, 0.1) is 11.1 Å². The van der Waals surface area contributed by atoms with E-state index in [1.807, 2.05) is 11.0 Å². The van der Waals surface area contributed by atoms with E-state index in [2.05, 4.69) is 25.1 Å². The van der Waals surface area contributed by atoms with E-state index in [-0.39, 0.29) is 5.91 Å². The standard InChI is InChI=1S/C20H25N3O/c1-13-2-5-18-16(10-13)17(11-19(22-18)15-3-4-15)20(24)23-8-6-14(12-21)7-9-23/h2,5,10-11,14-15H,3-4,6-9,12,21H2,1H3. The van der Waals surface area contributed by atoms with Crippen LogP contribution < -0.4 is 5.73 Å². The fourth-order valence-electron chi connectivity index (χ4n) is 3.67. The summed E-state index contributed by atoms with van der Waals surface area (Å²) in [5, 5.41) is 0.991. The predicted octanol–water partition coefficient (Wildman–Crippen LogP) is 3.23. The summed E-state index contributed by atoms with van der Waals surface area (Å²) in [5.41, 5.74) is 9.81. The SMILES string of the molecule is Cc1ccc2nc(C3CC3)cc(C(=O)N3CCC(CN)CC3)c2c1. The monoisotopic (exact) mass is 323 g/mol. The molecule has 4 nitrogen and oxygen atoms in total. The van der Waals surface area contributed by atoms with Gasteiger partial charge in [0.25, 0.3) is 5.91 Å². The van der Waals surface area contributed by atoms with Gasteiger partial charge in [-0.3, -0.25) is 9.78 Å². The second-order valence-electron chi connectivity index (χ2n) is 7.36. The zero-order valence-corrected chi connectivity index (χ0v) is 14.3. The molecule has 1 saturated heterocycles. The Bertz CT molecular complexity index is 774. The molecule has 2 aromatic rings. The minimum atomic E-state index is 0.158. The average molecular weight is 323 g/mol. The smallest absolute Gasteiger partial charge is 0.254 e. The molecule has 4 heteroatoms. The van der Waals surface area contributed by atoms with Crippen molar-refractivity contribution in [1.82, 2.24) is 9.88 Å². The van der Waals surface area contributed by atoms with Gasteiger partial charge in [0.15, 0.2) is 0 Å². The highest BCUT2D eigenvalue weighted by molar-refractivity contribution is 6.06. The Labute approximate surface area is 143 Å². The van der Waals surface area contributed by atoms with Crippen molar-refractivity contribution in [2.24, 2.45) is 11.7 Å². The van der Waals surface area contributed by atoms with Gasteiger partial charge in [0.1, 0.15) is 0 Å². The van der Waals surface area contributed by atoms with Gasteiger partial charge in [-0.1, -0.05) is 11.6 Å². The molecule has 1 aliphatic heterocycles. The van der Waals surface area contributed by atoms with Crippen LogP contribution in [0.15, 0.2) is 24.3 Å². The van der Waals surface area contributed by atoms with Gasteiger partial charge in [-0.15, -0.1) is 0 Å². The van der Waals surface area contributed by atoms with E-state index >= 15 is 0 Å². The highest BCUT2D eigenvalue weighted by atomic mass is 16.2. The number of aryl methyl sites for hydroxylation is 1. The van der Waals surface area contributed by atoms with Crippen molar-refractivity contribution in [3.8, 4) is 0 Å². The van der Waals surface area contributed by atoms with Crippen LogP contribution in [0.5, 0.6) is 0 Å². The van der Waals surface area contributed by atoms with Gasteiger partial charge < -0.3 is 10.6 Å². The van der Waals surface area contributed by atoms with Crippen LogP contribution in [-0.4, -0.2) is 35.4 Å². The Morgan fingerprint density at radius 2 is 1.96 bits per heavy atom. The number of nitrogens with zero attached hydrogens (tertiary/aromatic N) is 2. The van der Waals surface area contributed by atoms with Crippen LogP contribution in [0.4, 0.5) is 0 Å². The summed E-state index contributed by atoms with van der Waals surface area (Å²) < 4.78 is 0. The van der Waals surface area contributed by atoms with Crippen LogP contribution in [0.3, 0.4) is 0 Å². The van der Waals surface area contributed by atoms with Crippen LogP contribution in [0, 0.1) is 12.8 Å². The van der Waals surface area contributed by atoms with Gasteiger partial charge in [-0.25, -0.2) is 0 Å². The molecule has 0 unspecified atom stereocenters. The fourth-order valence-corrected chi connectivity index (χ4v) is 3.67. The maximum atomic E-state index is 13.2. The normalized spacial score (nSPS) is 19.0. The van der Waals surface area contributed by atoms with Gasteiger partial charge in [-0.05, 0) is 63.3 Å². The zero-order valence-electron chi connectivity index (χ0n) is 14.3. The first-order chi connectivity index (χ1) is 11.7. The average Bonchev–Trinajstić information content (AvgIpc) is 3.45. The third kappa shape index (κ3) is 2.91. The Balaban J connectivity index is 1.71. The molecule has 1 amide bonds. The molecular weight excluding hydrogens is 298 g/mol. The van der Waals surface area contributed by atoms with Crippen LogP contribution >= 0.6 is 0 Å². The molecule has 4 rings (SSSR count). The number of carbonyl (C=O) groups is 1. The Morgan fingerprint density at radius 3 is 2.62 bits per heavy atom. The molecule has 2 heterocycles. The number of hydrogen-bond donors (Lipinski definition) is 1. The van der Waals surface area contributed by atoms with Crippen molar-refractivity contribution in [2.45, 2.75) is 38.5 Å². The Morgan fingerprint density at radius 1 is 1.21 bits per heavy atom. The van der Waals surface area contributed by atoms with Crippen molar-refractivity contribution in [3.05, 3.63) is 41.1 Å². The number of pyridine rings is 1. The number of rotatable bonds is 3. The largest absolute Gasteiger partial charge is 0.339 e. The zero-order chi connectivity index (χ0) is 16.7. The molecule has 126 valence electrons. The van der Waals surface area contributed by atoms with Crippen LogP contribution in [0.25, 0.3) is 10.9 Å². The summed E-state index contributed by atoms with van der Waals surface area (Å²) in [5.74, 6) is 1.27. The van der Waals surface area contributed by atoms with Crippen molar-refractivity contribution >= 4 is 16.8 Å². The van der Waals surface area contributed by atoms with Crippen molar-refractivity contribution in [1.29, 1.82) is 0 Å². The summed E-state index contributed by atoms with van der Waals surface area (Å²) in [6, 6.07) is 8.27. The minimum Gasteiger partial charge on any atom is -0.339 e. The van der Waals surface area contributed by atoms with Gasteiger partial charge in [-0.2, -0.15) is 0 Å². The number of hydrogen-bond acceptors (Lipinski definition) is 3. The van der Waals surface area contributed by atoms with E-state index in [4.69, 9.17) is 10.7 Å². The molecule has 0 bridgehead atoms. The minimum absolute atomic E-state index is 0.158. The van der Waals surface area contributed by atoms with Crippen molar-refractivity contribution in [2.75, 3.05) is 19.6 Å². The van der Waals surface area contributed by atoms with Gasteiger partial charge in [0, 0.05) is 30.1 Å². The van der Waals surface area contributed by atoms with E-state index < -0.39 is 0 Å². The third-order valence-corrected chi connectivity index (χ3v) is 5.45. The highest BCUT2D eigenvalue weighted by Crippen LogP contribution is 2.40. The Hall–Kier alpha value is -1.94. The molecule has 0 radical (unpaired) electrons. The molecule has 2 fully saturated rings. The molecule has 24 heavy (non-hydrogen) atoms. The van der Waals surface area contributed by atoms with Gasteiger partial charge in [0.2, 0.25) is 0 Å². The van der Waals surface area contributed by atoms with E-state index in [9.17, 15) is 4.79 Å². The first kappa shape index (κ1) is 15.6. The van der Waals surface area contributed by atoms with Gasteiger partial charge >= 0.3 is 0 Å². The summed E-state index contributed by atoms with van der Waals surface area (Å²) >= 11 is 0. The lowest BCUT2D eigenvalue weighted by Gasteiger charge is -2.31. The summed E-state index contributed by atoms with van der Waals surface area (Å²) in [4.78, 5) is 20.0. The number of amides is 1. The molecule has 0 atom stereocenters. The molecule has 2 aliphatic rings. The lowest BCUT2D eigenvalue weighted by molar-refractivity contribution is 0.0695. The fraction of sp³-hybridized carbons (Fsp3) is 0.500.